The summed E-state index contributed by atoms with van der Waals surface area (Å²) in [5.74, 6) is -1.72. The van der Waals surface area contributed by atoms with Crippen LogP contribution < -0.4 is 10.6 Å². The molecule has 2 fully saturated rings. The first-order valence-corrected chi connectivity index (χ1v) is 8.98. The molecule has 1 aromatic rings. The van der Waals surface area contributed by atoms with Gasteiger partial charge < -0.3 is 15.4 Å². The van der Waals surface area contributed by atoms with Gasteiger partial charge in [0.2, 0.25) is 0 Å². The molecular weight excluding hydrogens is 374 g/mol. The van der Waals surface area contributed by atoms with E-state index in [1.54, 1.807) is 31.2 Å². The summed E-state index contributed by atoms with van der Waals surface area (Å²) in [6.45, 7) is 2.54. The number of benzene rings is 1. The van der Waals surface area contributed by atoms with E-state index >= 15 is 0 Å². The Hall–Kier alpha value is -2.61. The summed E-state index contributed by atoms with van der Waals surface area (Å²) in [6, 6.07) is 5.83. The number of rotatable bonds is 6. The second-order valence-corrected chi connectivity index (χ2v) is 7.36. The minimum absolute atomic E-state index is 0.0963. The zero-order valence-electron chi connectivity index (χ0n) is 15.0. The smallest absolute Gasteiger partial charge is 0.327 e. The maximum absolute atomic E-state index is 12.5. The van der Waals surface area contributed by atoms with Gasteiger partial charge in [-0.15, -0.1) is 0 Å². The van der Waals surface area contributed by atoms with E-state index < -0.39 is 42.0 Å². The molecule has 1 heterocycles. The molecular formula is C18H20ClN3O5. The Bertz CT molecular complexity index is 793. The number of urea groups is 1. The highest BCUT2D eigenvalue weighted by Gasteiger charge is 2.56. The molecule has 0 bridgehead atoms. The maximum atomic E-state index is 12.5. The third-order valence-corrected chi connectivity index (χ3v) is 5.02. The van der Waals surface area contributed by atoms with Crippen molar-refractivity contribution in [1.29, 1.82) is 0 Å². The molecule has 9 heteroatoms. The Balaban J connectivity index is 1.54. The van der Waals surface area contributed by atoms with Crippen LogP contribution in [-0.2, 0) is 19.1 Å². The highest BCUT2D eigenvalue weighted by atomic mass is 35.5. The Morgan fingerprint density at radius 3 is 2.56 bits per heavy atom. The number of amides is 4. The van der Waals surface area contributed by atoms with E-state index in [1.807, 2.05) is 0 Å². The van der Waals surface area contributed by atoms with Crippen molar-refractivity contribution in [1.82, 2.24) is 10.2 Å². The summed E-state index contributed by atoms with van der Waals surface area (Å²) in [4.78, 5) is 49.6. The summed E-state index contributed by atoms with van der Waals surface area (Å²) >= 11 is 5.78. The first-order valence-electron chi connectivity index (χ1n) is 8.60. The van der Waals surface area contributed by atoms with Crippen molar-refractivity contribution in [2.75, 3.05) is 11.9 Å². The summed E-state index contributed by atoms with van der Waals surface area (Å²) in [7, 11) is 0. The maximum Gasteiger partial charge on any atom is 0.327 e. The molecule has 27 heavy (non-hydrogen) atoms. The molecule has 1 aliphatic carbocycles. The predicted molar refractivity (Wildman–Crippen MR) is 97.0 cm³/mol. The summed E-state index contributed by atoms with van der Waals surface area (Å²) in [5.41, 5.74) is -0.462. The van der Waals surface area contributed by atoms with Crippen LogP contribution >= 0.6 is 11.6 Å². The average molecular weight is 394 g/mol. The molecule has 144 valence electrons. The number of carbonyl (C=O) groups is 4. The lowest BCUT2D eigenvalue weighted by atomic mass is 9.96. The van der Waals surface area contributed by atoms with Gasteiger partial charge in [0.15, 0.2) is 6.10 Å². The van der Waals surface area contributed by atoms with Crippen LogP contribution in [0.2, 0.25) is 5.02 Å². The van der Waals surface area contributed by atoms with Crippen molar-refractivity contribution in [2.45, 2.75) is 38.3 Å². The first-order chi connectivity index (χ1) is 12.7. The molecule has 2 N–H and O–H groups in total. The monoisotopic (exact) mass is 393 g/mol. The fourth-order valence-corrected chi connectivity index (χ4v) is 3.12. The molecule has 1 saturated carbocycles. The molecule has 4 amide bonds. The zero-order valence-corrected chi connectivity index (χ0v) is 15.7. The van der Waals surface area contributed by atoms with E-state index in [4.69, 9.17) is 16.3 Å². The highest BCUT2D eigenvalue weighted by molar-refractivity contribution is 6.30. The van der Waals surface area contributed by atoms with Crippen LogP contribution in [0.1, 0.15) is 26.7 Å². The third kappa shape index (κ3) is 4.05. The number of anilines is 1. The molecule has 2 aliphatic rings. The minimum atomic E-state index is -1.09. The Labute approximate surface area is 161 Å². The summed E-state index contributed by atoms with van der Waals surface area (Å²) in [5, 5.41) is 5.76. The Kier molecular flexibility index (Phi) is 5.10. The Morgan fingerprint density at radius 1 is 1.33 bits per heavy atom. The molecule has 1 saturated heterocycles. The van der Waals surface area contributed by atoms with Crippen molar-refractivity contribution in [3.05, 3.63) is 29.3 Å². The standard InChI is InChI=1S/C18H20ClN3O5/c1-10(15(24)20-13-7-5-12(19)6-8-13)27-14(23)9-22-16(25)18(2,11-3-4-11)21-17(22)26/h5-8,10-11H,3-4,9H2,1-2H3,(H,20,24)(H,21,26)/t10-,18-/m1/s1. The topological polar surface area (TPSA) is 105 Å². The van der Waals surface area contributed by atoms with Crippen molar-refractivity contribution in [3.63, 3.8) is 0 Å². The van der Waals surface area contributed by atoms with Crippen LogP contribution in [0, 0.1) is 5.92 Å². The van der Waals surface area contributed by atoms with Crippen molar-refractivity contribution in [2.24, 2.45) is 5.92 Å². The fraction of sp³-hybridized carbons (Fsp3) is 0.444. The molecule has 1 aliphatic heterocycles. The quantitative estimate of drug-likeness (QED) is 0.567. The lowest BCUT2D eigenvalue weighted by molar-refractivity contribution is -0.155. The molecule has 8 nitrogen and oxygen atoms in total. The number of nitrogens with zero attached hydrogens (tertiary/aromatic N) is 1. The molecule has 3 rings (SSSR count). The molecule has 0 spiro atoms. The van der Waals surface area contributed by atoms with E-state index in [0.29, 0.717) is 10.7 Å². The average Bonchev–Trinajstić information content (AvgIpc) is 3.43. The van der Waals surface area contributed by atoms with Gasteiger partial charge in [-0.1, -0.05) is 11.6 Å². The van der Waals surface area contributed by atoms with Crippen molar-refractivity contribution in [3.8, 4) is 0 Å². The molecule has 1 aromatic carbocycles. The highest BCUT2D eigenvalue weighted by Crippen LogP contribution is 2.42. The number of carbonyl (C=O) groups excluding carboxylic acids is 4. The molecule has 0 aromatic heterocycles. The number of hydrogen-bond acceptors (Lipinski definition) is 5. The number of hydrogen-bond donors (Lipinski definition) is 2. The molecule has 2 atom stereocenters. The third-order valence-electron chi connectivity index (χ3n) is 4.77. The number of ether oxygens (including phenoxy) is 1. The first kappa shape index (κ1) is 19.2. The number of nitrogens with one attached hydrogen (secondary N) is 2. The van der Waals surface area contributed by atoms with E-state index in [-0.39, 0.29) is 5.92 Å². The number of esters is 1. The van der Waals surface area contributed by atoms with Gasteiger partial charge in [-0.05, 0) is 56.9 Å². The lowest BCUT2D eigenvalue weighted by Gasteiger charge is -2.21. The number of halogens is 1. The van der Waals surface area contributed by atoms with Gasteiger partial charge in [0, 0.05) is 10.7 Å². The van der Waals surface area contributed by atoms with Crippen LogP contribution in [0.15, 0.2) is 24.3 Å². The van der Waals surface area contributed by atoms with Gasteiger partial charge in [0.1, 0.15) is 12.1 Å². The van der Waals surface area contributed by atoms with Gasteiger partial charge in [0.05, 0.1) is 0 Å². The lowest BCUT2D eigenvalue weighted by Crippen LogP contribution is -2.46. The van der Waals surface area contributed by atoms with Crippen LogP contribution in [0.25, 0.3) is 0 Å². The summed E-state index contributed by atoms with van der Waals surface area (Å²) in [6.07, 6.45) is 0.634. The van der Waals surface area contributed by atoms with Gasteiger partial charge in [0.25, 0.3) is 11.8 Å². The van der Waals surface area contributed by atoms with Crippen LogP contribution in [0.5, 0.6) is 0 Å². The summed E-state index contributed by atoms with van der Waals surface area (Å²) < 4.78 is 5.06. The van der Waals surface area contributed by atoms with Gasteiger partial charge in [-0.25, -0.2) is 4.79 Å². The predicted octanol–water partition coefficient (Wildman–Crippen LogP) is 1.93. The second-order valence-electron chi connectivity index (χ2n) is 6.93. The van der Waals surface area contributed by atoms with Gasteiger partial charge in [-0.3, -0.25) is 19.3 Å². The Morgan fingerprint density at radius 2 is 1.96 bits per heavy atom. The van der Waals surface area contributed by atoms with Crippen LogP contribution in [0.4, 0.5) is 10.5 Å². The van der Waals surface area contributed by atoms with Crippen molar-refractivity contribution < 1.29 is 23.9 Å². The van der Waals surface area contributed by atoms with E-state index in [2.05, 4.69) is 10.6 Å². The van der Waals surface area contributed by atoms with Gasteiger partial charge >= 0.3 is 12.0 Å². The normalized spacial score (nSPS) is 23.0. The SMILES string of the molecule is C[C@@H](OC(=O)CN1C(=O)N[C@](C)(C2CC2)C1=O)C(=O)Nc1ccc(Cl)cc1. The second kappa shape index (κ2) is 7.19. The van der Waals surface area contributed by atoms with E-state index in [9.17, 15) is 19.2 Å². The fourth-order valence-electron chi connectivity index (χ4n) is 2.99. The largest absolute Gasteiger partial charge is 0.451 e. The molecule has 0 unspecified atom stereocenters. The molecule has 0 radical (unpaired) electrons. The van der Waals surface area contributed by atoms with Crippen LogP contribution in [0.3, 0.4) is 0 Å². The van der Waals surface area contributed by atoms with Gasteiger partial charge in [-0.2, -0.15) is 0 Å². The minimum Gasteiger partial charge on any atom is -0.451 e. The van der Waals surface area contributed by atoms with E-state index in [1.165, 1.54) is 6.92 Å². The zero-order chi connectivity index (χ0) is 19.8. The van der Waals surface area contributed by atoms with Crippen LogP contribution in [-0.4, -0.2) is 46.9 Å². The van der Waals surface area contributed by atoms with Crippen molar-refractivity contribution >= 4 is 41.1 Å². The number of imide groups is 1. The van der Waals surface area contributed by atoms with E-state index in [0.717, 1.165) is 17.7 Å².